The van der Waals surface area contributed by atoms with Gasteiger partial charge in [0.2, 0.25) is 0 Å². The topological polar surface area (TPSA) is 42.6 Å². The SMILES string of the molecule is CCn1c2ccccc2c2cccc(N(c3ccccc3)c3ccc4cc5c(cc4c3)oc3c5ccc4c5cc6ccc(N(c7ccccc7)c7cccc8c9ccccc9n(CC)c78)cc6cc5oc43)c21. The van der Waals surface area contributed by atoms with Gasteiger partial charge in [0.15, 0.2) is 11.2 Å². The predicted octanol–water partition coefficient (Wildman–Crippen LogP) is 19.0. The second-order valence-electron chi connectivity index (χ2n) is 19.0. The highest BCUT2D eigenvalue weighted by molar-refractivity contribution is 6.22. The first-order chi connectivity index (χ1) is 35.6. The van der Waals surface area contributed by atoms with Crippen LogP contribution in [0.2, 0.25) is 0 Å². The van der Waals surface area contributed by atoms with E-state index in [1.54, 1.807) is 0 Å². The van der Waals surface area contributed by atoms with Crippen LogP contribution in [0, 0.1) is 0 Å². The van der Waals surface area contributed by atoms with E-state index in [0.29, 0.717) is 0 Å². The first-order valence-corrected chi connectivity index (χ1v) is 25.0. The van der Waals surface area contributed by atoms with Gasteiger partial charge in [-0.15, -0.1) is 0 Å². The van der Waals surface area contributed by atoms with E-state index < -0.39 is 0 Å². The number of benzene rings is 11. The molecule has 0 radical (unpaired) electrons. The maximum absolute atomic E-state index is 6.90. The number of aryl methyl sites for hydroxylation is 2. The molecule has 0 aliphatic heterocycles. The van der Waals surface area contributed by atoms with Gasteiger partial charge in [-0.25, -0.2) is 0 Å². The maximum Gasteiger partial charge on any atom is 0.178 e. The summed E-state index contributed by atoms with van der Waals surface area (Å²) < 4.78 is 18.7. The van der Waals surface area contributed by atoms with Gasteiger partial charge >= 0.3 is 0 Å². The fraction of sp³-hybridized carbons (Fsp3) is 0.0606. The van der Waals surface area contributed by atoms with Crippen LogP contribution in [-0.2, 0) is 13.1 Å². The van der Waals surface area contributed by atoms with E-state index in [1.165, 1.54) is 43.6 Å². The van der Waals surface area contributed by atoms with E-state index in [0.717, 1.165) is 113 Å². The summed E-state index contributed by atoms with van der Waals surface area (Å²) in [6.45, 7) is 6.19. The van der Waals surface area contributed by atoms with E-state index in [2.05, 4.69) is 251 Å². The molecule has 0 saturated carbocycles. The predicted molar refractivity (Wildman–Crippen MR) is 303 cm³/mol. The number of para-hydroxylation sites is 6. The number of aromatic nitrogens is 2. The molecule has 15 rings (SSSR count). The zero-order valence-corrected chi connectivity index (χ0v) is 39.8. The van der Waals surface area contributed by atoms with Crippen LogP contribution in [0.4, 0.5) is 34.1 Å². The molecule has 72 heavy (non-hydrogen) atoms. The number of nitrogens with zero attached hydrogens (tertiary/aromatic N) is 4. The van der Waals surface area contributed by atoms with E-state index in [-0.39, 0.29) is 0 Å². The van der Waals surface area contributed by atoms with Gasteiger partial charge in [0, 0.05) is 90.0 Å². The quantitative estimate of drug-likeness (QED) is 0.152. The highest BCUT2D eigenvalue weighted by Gasteiger charge is 2.24. The van der Waals surface area contributed by atoms with E-state index in [1.807, 2.05) is 0 Å². The van der Waals surface area contributed by atoms with Crippen molar-refractivity contribution in [1.29, 1.82) is 0 Å². The average Bonchev–Trinajstić information content (AvgIpc) is 4.18. The first kappa shape index (κ1) is 40.6. The van der Waals surface area contributed by atoms with Gasteiger partial charge in [0.25, 0.3) is 0 Å². The normalized spacial score (nSPS) is 12.1. The molecule has 6 nitrogen and oxygen atoms in total. The van der Waals surface area contributed by atoms with Crippen LogP contribution < -0.4 is 9.80 Å². The van der Waals surface area contributed by atoms with Gasteiger partial charge in [0.1, 0.15) is 11.2 Å². The second kappa shape index (κ2) is 15.6. The standard InChI is InChI=1S/C66H46N4O2/c1-3-67-57-25-13-11-21-49(57)51-23-15-27-59(63(51)67)69(45-17-7-5-8-18-45)47-31-29-41-37-55-53-33-34-54-56-38-42-30-32-48(36-44(42)40-62(56)72-66(54)65(53)71-61(55)39-43(41)35-47)70(46-19-9-6-10-20-46)60-28-16-24-52-50-22-12-14-26-58(50)68(4-2)64(52)60/h5-40H,3-4H2,1-2H3. The van der Waals surface area contributed by atoms with Gasteiger partial charge in [-0.2, -0.15) is 0 Å². The molecule has 0 aliphatic rings. The van der Waals surface area contributed by atoms with Crippen molar-refractivity contribution in [3.8, 4) is 0 Å². The van der Waals surface area contributed by atoms with Gasteiger partial charge in [-0.05, 0) is 145 Å². The number of hydrogen-bond donors (Lipinski definition) is 0. The molecule has 0 saturated heterocycles. The number of fused-ring (bicyclic) bond motifs is 15. The first-order valence-electron chi connectivity index (χ1n) is 25.0. The minimum Gasteiger partial charge on any atom is -0.452 e. The third kappa shape index (κ3) is 5.90. The molecule has 0 atom stereocenters. The molecule has 0 N–H and O–H groups in total. The highest BCUT2D eigenvalue weighted by Crippen LogP contribution is 2.47. The molecular formula is C66H46N4O2. The fourth-order valence-electron chi connectivity index (χ4n) is 12.0. The van der Waals surface area contributed by atoms with Crippen LogP contribution in [0.15, 0.2) is 227 Å². The summed E-state index contributed by atoms with van der Waals surface area (Å²) in [6.07, 6.45) is 0. The summed E-state index contributed by atoms with van der Waals surface area (Å²) in [4.78, 5) is 4.79. The largest absolute Gasteiger partial charge is 0.452 e. The molecule has 0 unspecified atom stereocenters. The van der Waals surface area contributed by atoms with E-state index in [4.69, 9.17) is 8.83 Å². The summed E-state index contributed by atoms with van der Waals surface area (Å²) in [5.74, 6) is 0. The molecule has 15 aromatic rings. The molecule has 0 amide bonds. The lowest BCUT2D eigenvalue weighted by molar-refractivity contribution is 0.634. The van der Waals surface area contributed by atoms with Crippen LogP contribution in [0.25, 0.3) is 109 Å². The van der Waals surface area contributed by atoms with Gasteiger partial charge in [0.05, 0.1) is 22.4 Å². The van der Waals surface area contributed by atoms with Crippen molar-refractivity contribution in [2.24, 2.45) is 0 Å². The Morgan fingerprint density at radius 3 is 1.18 bits per heavy atom. The summed E-state index contributed by atoms with van der Waals surface area (Å²) >= 11 is 0. The lowest BCUT2D eigenvalue weighted by atomic mass is 10.0. The van der Waals surface area contributed by atoms with E-state index in [9.17, 15) is 0 Å². The van der Waals surface area contributed by atoms with Gasteiger partial charge in [-0.3, -0.25) is 0 Å². The van der Waals surface area contributed by atoms with Gasteiger partial charge < -0.3 is 27.8 Å². The van der Waals surface area contributed by atoms with Crippen molar-refractivity contribution in [3.63, 3.8) is 0 Å². The molecule has 0 bridgehead atoms. The number of anilines is 6. The van der Waals surface area contributed by atoms with Crippen molar-refractivity contribution < 1.29 is 8.83 Å². The molecule has 4 heterocycles. The molecule has 0 fully saturated rings. The Labute approximate surface area is 414 Å². The number of hydrogen-bond acceptors (Lipinski definition) is 4. The molecule has 342 valence electrons. The average molecular weight is 927 g/mol. The monoisotopic (exact) mass is 926 g/mol. The van der Waals surface area contributed by atoms with Crippen molar-refractivity contribution >= 4 is 143 Å². The number of rotatable bonds is 8. The van der Waals surface area contributed by atoms with Crippen molar-refractivity contribution in [3.05, 3.63) is 218 Å². The van der Waals surface area contributed by atoms with Crippen molar-refractivity contribution in [2.45, 2.75) is 26.9 Å². The second-order valence-corrected chi connectivity index (χ2v) is 19.0. The summed E-state index contributed by atoms with van der Waals surface area (Å²) in [7, 11) is 0. The Balaban J connectivity index is 0.862. The Bertz CT molecular complexity index is 4370. The molecule has 0 spiro atoms. The lowest BCUT2D eigenvalue weighted by Crippen LogP contribution is -2.11. The molecule has 4 aromatic heterocycles. The zero-order chi connectivity index (χ0) is 47.6. The highest BCUT2D eigenvalue weighted by atomic mass is 16.4. The van der Waals surface area contributed by atoms with Crippen molar-refractivity contribution in [1.82, 2.24) is 9.13 Å². The van der Waals surface area contributed by atoms with Crippen molar-refractivity contribution in [2.75, 3.05) is 9.80 Å². The molecule has 0 aliphatic carbocycles. The Morgan fingerprint density at radius 2 is 0.736 bits per heavy atom. The van der Waals surface area contributed by atoms with Crippen LogP contribution >= 0.6 is 0 Å². The molecule has 6 heteroatoms. The van der Waals surface area contributed by atoms with Crippen LogP contribution in [-0.4, -0.2) is 9.13 Å². The minimum absolute atomic E-state index is 0.763. The van der Waals surface area contributed by atoms with Crippen LogP contribution in [0.5, 0.6) is 0 Å². The van der Waals surface area contributed by atoms with Crippen LogP contribution in [0.3, 0.4) is 0 Å². The Kier molecular flexibility index (Phi) is 8.81. The Morgan fingerprint density at radius 1 is 0.319 bits per heavy atom. The maximum atomic E-state index is 6.90. The lowest BCUT2D eigenvalue weighted by Gasteiger charge is -2.27. The molecular weight excluding hydrogens is 881 g/mol. The summed E-state index contributed by atoms with van der Waals surface area (Å²) in [5, 5.41) is 13.7. The molecule has 11 aromatic carbocycles. The smallest absolute Gasteiger partial charge is 0.178 e. The summed E-state index contributed by atoms with van der Waals surface area (Å²) in [6, 6.07) is 79.2. The summed E-state index contributed by atoms with van der Waals surface area (Å²) in [5.41, 5.74) is 14.7. The third-order valence-corrected chi connectivity index (χ3v) is 15.2. The zero-order valence-electron chi connectivity index (χ0n) is 39.8. The number of furan rings is 2. The fourth-order valence-corrected chi connectivity index (χ4v) is 12.0. The van der Waals surface area contributed by atoms with E-state index >= 15 is 0 Å². The van der Waals surface area contributed by atoms with Crippen LogP contribution in [0.1, 0.15) is 13.8 Å². The Hall–Kier alpha value is -9.26. The van der Waals surface area contributed by atoms with Gasteiger partial charge in [-0.1, -0.05) is 109 Å². The minimum atomic E-state index is 0.763. The third-order valence-electron chi connectivity index (χ3n) is 15.2.